The molecule has 7 heteroatoms. The van der Waals surface area contributed by atoms with E-state index >= 15 is 0 Å². The third kappa shape index (κ3) is 2.08. The van der Waals surface area contributed by atoms with Crippen LogP contribution in [0.5, 0.6) is 0 Å². The summed E-state index contributed by atoms with van der Waals surface area (Å²) >= 11 is 4.56. The van der Waals surface area contributed by atoms with Crippen LogP contribution in [0.2, 0.25) is 0 Å². The molecule has 3 rings (SSSR count). The molecule has 3 N–H and O–H groups in total. The fourth-order valence-corrected chi connectivity index (χ4v) is 3.05. The van der Waals surface area contributed by atoms with Crippen molar-refractivity contribution in [2.75, 3.05) is 5.75 Å². The smallest absolute Gasteiger partial charge is 0.259 e. The van der Waals surface area contributed by atoms with E-state index < -0.39 is 0 Å². The number of allylic oxidation sites excluding steroid dienone is 1. The number of rotatable bonds is 1. The first-order chi connectivity index (χ1) is 9.06. The number of aromatic nitrogens is 2. The van der Waals surface area contributed by atoms with Crippen LogP contribution >= 0.6 is 27.7 Å². The van der Waals surface area contributed by atoms with E-state index in [-0.39, 0.29) is 17.2 Å². The number of carbonyl (C=O) groups is 1. The Morgan fingerprint density at radius 1 is 1.37 bits per heavy atom. The summed E-state index contributed by atoms with van der Waals surface area (Å²) in [7, 11) is 0. The number of Topliss-reactive ketones (excluding diaryl/α,β-unsaturated/α-hetero) is 1. The standard InChI is InChI=1S/C12H8BrN3O2S/c13-5-1-2-7-6(3-5)12(18)16-11(15-7)9-8(17)4-19-10(9)14/h1-3H,4,14H2,(H,15,16,18). The molecule has 0 bridgehead atoms. The molecule has 0 unspecified atom stereocenters. The second-order valence-electron chi connectivity index (χ2n) is 4.03. The Morgan fingerprint density at radius 3 is 2.84 bits per heavy atom. The van der Waals surface area contributed by atoms with Gasteiger partial charge in [-0.3, -0.25) is 9.59 Å². The third-order valence-electron chi connectivity index (χ3n) is 2.79. The number of halogens is 1. The molecule has 2 aromatic rings. The lowest BCUT2D eigenvalue weighted by Crippen LogP contribution is -2.14. The first-order valence-electron chi connectivity index (χ1n) is 5.42. The number of fused-ring (bicyclic) bond motifs is 1. The zero-order valence-corrected chi connectivity index (χ0v) is 12.0. The van der Waals surface area contributed by atoms with Crippen molar-refractivity contribution in [3.63, 3.8) is 0 Å². The van der Waals surface area contributed by atoms with Crippen molar-refractivity contribution in [1.29, 1.82) is 0 Å². The summed E-state index contributed by atoms with van der Waals surface area (Å²) in [4.78, 5) is 30.7. The summed E-state index contributed by atoms with van der Waals surface area (Å²) in [6.07, 6.45) is 0. The van der Waals surface area contributed by atoms with Crippen LogP contribution in [0, 0.1) is 0 Å². The number of hydrogen-bond donors (Lipinski definition) is 2. The SMILES string of the molecule is NC1=C(c2nc3ccc(Br)cc3c(=O)[nH]2)C(=O)CS1. The quantitative estimate of drug-likeness (QED) is 0.825. The minimum absolute atomic E-state index is 0.109. The van der Waals surface area contributed by atoms with Crippen molar-refractivity contribution in [2.24, 2.45) is 5.73 Å². The number of benzene rings is 1. The summed E-state index contributed by atoms with van der Waals surface area (Å²) in [6, 6.07) is 5.21. The molecule has 96 valence electrons. The Bertz CT molecular complexity index is 797. The van der Waals surface area contributed by atoms with E-state index in [1.807, 2.05) is 0 Å². The Hall–Kier alpha value is -1.60. The molecule has 1 aliphatic rings. The lowest BCUT2D eigenvalue weighted by molar-refractivity contribution is -0.111. The summed E-state index contributed by atoms with van der Waals surface area (Å²) in [5.41, 5.74) is 6.33. The van der Waals surface area contributed by atoms with Gasteiger partial charge in [-0.2, -0.15) is 0 Å². The van der Waals surface area contributed by atoms with Crippen molar-refractivity contribution in [1.82, 2.24) is 9.97 Å². The van der Waals surface area contributed by atoms with Gasteiger partial charge in [0.15, 0.2) is 5.78 Å². The van der Waals surface area contributed by atoms with E-state index in [4.69, 9.17) is 5.73 Å². The van der Waals surface area contributed by atoms with Gasteiger partial charge in [-0.1, -0.05) is 27.7 Å². The van der Waals surface area contributed by atoms with Crippen LogP contribution in [0.1, 0.15) is 5.82 Å². The van der Waals surface area contributed by atoms with Gasteiger partial charge in [-0.15, -0.1) is 0 Å². The van der Waals surface area contributed by atoms with Crippen molar-refractivity contribution in [3.05, 3.63) is 43.9 Å². The van der Waals surface area contributed by atoms with Gasteiger partial charge in [0.25, 0.3) is 5.56 Å². The molecule has 0 spiro atoms. The Balaban J connectivity index is 2.28. The number of nitrogens with two attached hydrogens (primary N) is 1. The molecular weight excluding hydrogens is 330 g/mol. The first-order valence-corrected chi connectivity index (χ1v) is 7.20. The molecule has 5 nitrogen and oxygen atoms in total. The fourth-order valence-electron chi connectivity index (χ4n) is 1.90. The average molecular weight is 338 g/mol. The van der Waals surface area contributed by atoms with Crippen molar-refractivity contribution >= 4 is 50.0 Å². The number of ketones is 1. The monoisotopic (exact) mass is 337 g/mol. The van der Waals surface area contributed by atoms with E-state index in [2.05, 4.69) is 25.9 Å². The molecule has 0 aliphatic carbocycles. The van der Waals surface area contributed by atoms with Crippen LogP contribution in [-0.2, 0) is 4.79 Å². The van der Waals surface area contributed by atoms with Gasteiger partial charge < -0.3 is 10.7 Å². The maximum Gasteiger partial charge on any atom is 0.259 e. The third-order valence-corrected chi connectivity index (χ3v) is 4.20. The molecule has 0 saturated carbocycles. The Morgan fingerprint density at radius 2 is 2.16 bits per heavy atom. The van der Waals surface area contributed by atoms with Crippen LogP contribution in [-0.4, -0.2) is 21.5 Å². The summed E-state index contributed by atoms with van der Waals surface area (Å²) < 4.78 is 0.797. The summed E-state index contributed by atoms with van der Waals surface area (Å²) in [5, 5.41) is 0.875. The average Bonchev–Trinajstić information content (AvgIpc) is 2.70. The van der Waals surface area contributed by atoms with E-state index in [1.165, 1.54) is 11.8 Å². The van der Waals surface area contributed by atoms with Crippen LogP contribution in [0.3, 0.4) is 0 Å². The Kier molecular flexibility index (Phi) is 2.94. The highest BCUT2D eigenvalue weighted by molar-refractivity contribution is 9.10. The molecule has 1 aliphatic heterocycles. The van der Waals surface area contributed by atoms with Gasteiger partial charge in [0.1, 0.15) is 5.82 Å². The molecule has 2 heterocycles. The largest absolute Gasteiger partial charge is 0.393 e. The lowest BCUT2D eigenvalue weighted by atomic mass is 10.1. The van der Waals surface area contributed by atoms with Crippen LogP contribution < -0.4 is 11.3 Å². The molecule has 0 radical (unpaired) electrons. The van der Waals surface area contributed by atoms with Crippen molar-refractivity contribution in [3.8, 4) is 0 Å². The lowest BCUT2D eigenvalue weighted by Gasteiger charge is -2.04. The van der Waals surface area contributed by atoms with Gasteiger partial charge >= 0.3 is 0 Å². The van der Waals surface area contributed by atoms with Crippen LogP contribution in [0.4, 0.5) is 0 Å². The Labute approximate surface area is 120 Å². The van der Waals surface area contributed by atoms with Gasteiger partial charge in [0, 0.05) is 4.47 Å². The predicted octanol–water partition coefficient (Wildman–Crippen LogP) is 1.63. The highest BCUT2D eigenvalue weighted by atomic mass is 79.9. The van der Waals surface area contributed by atoms with Gasteiger partial charge in [0.2, 0.25) is 0 Å². The first kappa shape index (κ1) is 12.4. The highest BCUT2D eigenvalue weighted by Gasteiger charge is 2.25. The number of hydrogen-bond acceptors (Lipinski definition) is 5. The predicted molar refractivity (Wildman–Crippen MR) is 78.6 cm³/mol. The number of aromatic amines is 1. The zero-order chi connectivity index (χ0) is 13.6. The van der Waals surface area contributed by atoms with Crippen molar-refractivity contribution < 1.29 is 4.79 Å². The maximum absolute atomic E-state index is 12.0. The molecule has 19 heavy (non-hydrogen) atoms. The molecule has 0 fully saturated rings. The van der Waals surface area contributed by atoms with Gasteiger partial charge in [-0.05, 0) is 18.2 Å². The number of carbonyl (C=O) groups excluding carboxylic acids is 1. The normalized spacial score (nSPS) is 15.5. The second-order valence-corrected chi connectivity index (χ2v) is 5.96. The fraction of sp³-hybridized carbons (Fsp3) is 0.0833. The topological polar surface area (TPSA) is 88.8 Å². The molecule has 0 atom stereocenters. The molecule has 1 aromatic carbocycles. The van der Waals surface area contributed by atoms with Gasteiger partial charge in [0.05, 0.1) is 27.3 Å². The molecule has 1 aromatic heterocycles. The van der Waals surface area contributed by atoms with Crippen LogP contribution in [0.25, 0.3) is 16.5 Å². The highest BCUT2D eigenvalue weighted by Crippen LogP contribution is 2.30. The summed E-state index contributed by atoms with van der Waals surface area (Å²) in [6.45, 7) is 0. The molecule has 0 amide bonds. The van der Waals surface area contributed by atoms with Crippen LogP contribution in [0.15, 0.2) is 32.5 Å². The van der Waals surface area contributed by atoms with E-state index in [0.717, 1.165) is 4.47 Å². The van der Waals surface area contributed by atoms with Crippen molar-refractivity contribution in [2.45, 2.75) is 0 Å². The van der Waals surface area contributed by atoms with E-state index in [9.17, 15) is 9.59 Å². The minimum atomic E-state index is -0.286. The van der Waals surface area contributed by atoms with E-state index in [1.54, 1.807) is 18.2 Å². The zero-order valence-electron chi connectivity index (χ0n) is 9.57. The number of nitrogens with zero attached hydrogens (tertiary/aromatic N) is 1. The van der Waals surface area contributed by atoms with Gasteiger partial charge in [-0.25, -0.2) is 4.98 Å². The minimum Gasteiger partial charge on any atom is -0.393 e. The number of H-pyrrole nitrogens is 1. The number of nitrogens with one attached hydrogen (secondary N) is 1. The summed E-state index contributed by atoms with van der Waals surface area (Å²) in [5.74, 6) is 0.429. The van der Waals surface area contributed by atoms with E-state index in [0.29, 0.717) is 27.3 Å². The maximum atomic E-state index is 12.0. The molecular formula is C12H8BrN3O2S. The number of thioether (sulfide) groups is 1. The second kappa shape index (κ2) is 4.50. The molecule has 0 saturated heterocycles.